The number of hydrogen-bond acceptors (Lipinski definition) is 3. The first-order chi connectivity index (χ1) is 10.5. The molecule has 0 bridgehead atoms. The zero-order valence-electron chi connectivity index (χ0n) is 12.7. The van der Waals surface area contributed by atoms with E-state index in [0.717, 1.165) is 17.0 Å². The van der Waals surface area contributed by atoms with Crippen LogP contribution in [0, 0.1) is 0 Å². The quantitative estimate of drug-likeness (QED) is 0.890. The van der Waals surface area contributed by atoms with E-state index < -0.39 is 5.97 Å². The Balaban J connectivity index is 2.30. The highest BCUT2D eigenvalue weighted by Crippen LogP contribution is 2.21. The largest absolute Gasteiger partial charge is 0.494 e. The SMILES string of the molecule is CCOc1ccc(-c2ccc(CCC(=O)O)c(=O)n2C)cc1. The lowest BCUT2D eigenvalue weighted by Crippen LogP contribution is -2.22. The number of aryl methyl sites for hydroxylation is 1. The fraction of sp³-hybridized carbons (Fsp3) is 0.294. The number of carbonyl (C=O) groups is 1. The van der Waals surface area contributed by atoms with Crippen LogP contribution < -0.4 is 10.3 Å². The number of carboxylic acids is 1. The second kappa shape index (κ2) is 6.93. The third kappa shape index (κ3) is 3.55. The lowest BCUT2D eigenvalue weighted by Gasteiger charge is -2.11. The van der Waals surface area contributed by atoms with Crippen molar-refractivity contribution < 1.29 is 14.6 Å². The number of rotatable bonds is 6. The summed E-state index contributed by atoms with van der Waals surface area (Å²) < 4.78 is 6.95. The van der Waals surface area contributed by atoms with E-state index in [1.165, 1.54) is 0 Å². The van der Waals surface area contributed by atoms with Crippen molar-refractivity contribution >= 4 is 5.97 Å². The number of aliphatic carboxylic acids is 1. The second-order valence-corrected chi connectivity index (χ2v) is 4.96. The summed E-state index contributed by atoms with van der Waals surface area (Å²) in [4.78, 5) is 22.9. The molecular weight excluding hydrogens is 282 g/mol. The molecule has 2 rings (SSSR count). The highest BCUT2D eigenvalue weighted by molar-refractivity contribution is 5.67. The fourth-order valence-electron chi connectivity index (χ4n) is 2.30. The van der Waals surface area contributed by atoms with Gasteiger partial charge in [-0.1, -0.05) is 6.07 Å². The minimum Gasteiger partial charge on any atom is -0.494 e. The van der Waals surface area contributed by atoms with E-state index in [2.05, 4.69) is 0 Å². The van der Waals surface area contributed by atoms with Crippen molar-refractivity contribution in [3.8, 4) is 17.0 Å². The van der Waals surface area contributed by atoms with Crippen LogP contribution in [-0.4, -0.2) is 22.2 Å². The highest BCUT2D eigenvalue weighted by Gasteiger charge is 2.09. The number of benzene rings is 1. The summed E-state index contributed by atoms with van der Waals surface area (Å²) in [6.45, 7) is 2.53. The molecule has 0 aliphatic rings. The molecular formula is C17H19NO4. The summed E-state index contributed by atoms with van der Waals surface area (Å²) in [5.41, 5.74) is 2.05. The number of carboxylic acid groups (broad SMARTS) is 1. The Kier molecular flexibility index (Phi) is 4.99. The van der Waals surface area contributed by atoms with Crippen molar-refractivity contribution in [2.75, 3.05) is 6.61 Å². The number of ether oxygens (including phenoxy) is 1. The Morgan fingerprint density at radius 2 is 1.86 bits per heavy atom. The third-order valence-electron chi connectivity index (χ3n) is 3.45. The standard InChI is InChI=1S/C17H19NO4/c1-3-22-14-8-4-12(5-9-14)15-10-6-13(7-11-16(19)20)17(21)18(15)2/h4-6,8-10H,3,7,11H2,1-2H3,(H,19,20). The first kappa shape index (κ1) is 15.8. The van der Waals surface area contributed by atoms with E-state index in [4.69, 9.17) is 9.84 Å². The molecule has 1 heterocycles. The van der Waals surface area contributed by atoms with Gasteiger partial charge in [0.05, 0.1) is 12.3 Å². The normalized spacial score (nSPS) is 10.5. The molecule has 0 spiro atoms. The molecule has 0 amide bonds. The van der Waals surface area contributed by atoms with Gasteiger partial charge in [0.2, 0.25) is 0 Å². The second-order valence-electron chi connectivity index (χ2n) is 4.96. The van der Waals surface area contributed by atoms with Crippen LogP contribution in [0.15, 0.2) is 41.2 Å². The van der Waals surface area contributed by atoms with Crippen LogP contribution in [0.3, 0.4) is 0 Å². The summed E-state index contributed by atoms with van der Waals surface area (Å²) >= 11 is 0. The first-order valence-electron chi connectivity index (χ1n) is 7.17. The molecule has 0 unspecified atom stereocenters. The van der Waals surface area contributed by atoms with Crippen molar-refractivity contribution in [3.63, 3.8) is 0 Å². The minimum absolute atomic E-state index is 0.0440. The molecule has 1 N–H and O–H groups in total. The molecule has 0 aliphatic carbocycles. The molecule has 5 nitrogen and oxygen atoms in total. The zero-order chi connectivity index (χ0) is 16.1. The van der Waals surface area contributed by atoms with Crippen LogP contribution in [0.25, 0.3) is 11.3 Å². The Bertz CT molecular complexity index is 716. The maximum Gasteiger partial charge on any atom is 0.303 e. The van der Waals surface area contributed by atoms with Crippen LogP contribution in [0.1, 0.15) is 18.9 Å². The molecule has 0 aliphatic heterocycles. The van der Waals surface area contributed by atoms with Crippen molar-refractivity contribution in [1.29, 1.82) is 0 Å². The van der Waals surface area contributed by atoms with Gasteiger partial charge in [0.1, 0.15) is 5.75 Å². The van der Waals surface area contributed by atoms with Crippen LogP contribution in [0.4, 0.5) is 0 Å². The number of hydrogen-bond donors (Lipinski definition) is 1. The summed E-state index contributed by atoms with van der Waals surface area (Å²) in [5, 5.41) is 8.72. The topological polar surface area (TPSA) is 68.5 Å². The summed E-state index contributed by atoms with van der Waals surface area (Å²) in [5.74, 6) is -0.119. The van der Waals surface area contributed by atoms with E-state index in [1.807, 2.05) is 37.3 Å². The van der Waals surface area contributed by atoms with E-state index in [9.17, 15) is 9.59 Å². The van der Waals surface area contributed by atoms with Crippen LogP contribution in [-0.2, 0) is 18.3 Å². The average Bonchev–Trinajstić information content (AvgIpc) is 2.50. The van der Waals surface area contributed by atoms with Gasteiger partial charge in [0.15, 0.2) is 0 Å². The zero-order valence-corrected chi connectivity index (χ0v) is 12.7. The Morgan fingerprint density at radius 3 is 2.45 bits per heavy atom. The smallest absolute Gasteiger partial charge is 0.303 e. The predicted octanol–water partition coefficient (Wildman–Crippen LogP) is 2.47. The van der Waals surface area contributed by atoms with Gasteiger partial charge in [-0.05, 0) is 49.2 Å². The maximum absolute atomic E-state index is 12.3. The highest BCUT2D eigenvalue weighted by atomic mass is 16.5. The number of nitrogens with zero attached hydrogens (tertiary/aromatic N) is 1. The summed E-state index contributed by atoms with van der Waals surface area (Å²) in [6.07, 6.45) is 0.198. The predicted molar refractivity (Wildman–Crippen MR) is 84.2 cm³/mol. The molecule has 5 heteroatoms. The molecule has 0 saturated heterocycles. The molecule has 1 aromatic heterocycles. The van der Waals surface area contributed by atoms with E-state index in [0.29, 0.717) is 12.2 Å². The molecule has 0 saturated carbocycles. The van der Waals surface area contributed by atoms with Crippen LogP contribution in [0.5, 0.6) is 5.75 Å². The summed E-state index contributed by atoms with van der Waals surface area (Å²) in [6, 6.07) is 11.1. The summed E-state index contributed by atoms with van der Waals surface area (Å²) in [7, 11) is 1.69. The molecule has 2 aromatic rings. The molecule has 22 heavy (non-hydrogen) atoms. The Morgan fingerprint density at radius 1 is 1.18 bits per heavy atom. The molecule has 0 radical (unpaired) electrons. The minimum atomic E-state index is -0.905. The first-order valence-corrected chi connectivity index (χ1v) is 7.17. The van der Waals surface area contributed by atoms with Crippen molar-refractivity contribution in [2.45, 2.75) is 19.8 Å². The lowest BCUT2D eigenvalue weighted by molar-refractivity contribution is -0.136. The van der Waals surface area contributed by atoms with Crippen LogP contribution >= 0.6 is 0 Å². The van der Waals surface area contributed by atoms with Crippen molar-refractivity contribution in [2.24, 2.45) is 7.05 Å². The van der Waals surface area contributed by atoms with Gasteiger partial charge in [0.25, 0.3) is 5.56 Å². The Hall–Kier alpha value is -2.56. The van der Waals surface area contributed by atoms with Gasteiger partial charge in [0, 0.05) is 19.0 Å². The van der Waals surface area contributed by atoms with Gasteiger partial charge in [-0.3, -0.25) is 9.59 Å². The van der Waals surface area contributed by atoms with Gasteiger partial charge >= 0.3 is 5.97 Å². The number of aromatic nitrogens is 1. The van der Waals surface area contributed by atoms with Gasteiger partial charge in [-0.25, -0.2) is 0 Å². The molecule has 1 aromatic carbocycles. The fourth-order valence-corrected chi connectivity index (χ4v) is 2.30. The monoisotopic (exact) mass is 301 g/mol. The lowest BCUT2D eigenvalue weighted by atomic mass is 10.1. The van der Waals surface area contributed by atoms with Crippen molar-refractivity contribution in [1.82, 2.24) is 4.57 Å². The Labute approximate surface area is 128 Å². The molecule has 116 valence electrons. The molecule has 0 fully saturated rings. The third-order valence-corrected chi connectivity index (χ3v) is 3.45. The van der Waals surface area contributed by atoms with Crippen molar-refractivity contribution in [3.05, 3.63) is 52.3 Å². The average molecular weight is 301 g/mol. The number of pyridine rings is 1. The van der Waals surface area contributed by atoms with Gasteiger partial charge in [-0.15, -0.1) is 0 Å². The van der Waals surface area contributed by atoms with E-state index in [1.54, 1.807) is 17.7 Å². The van der Waals surface area contributed by atoms with E-state index >= 15 is 0 Å². The maximum atomic E-state index is 12.3. The van der Waals surface area contributed by atoms with Crippen LogP contribution in [0.2, 0.25) is 0 Å². The van der Waals surface area contributed by atoms with Gasteiger partial charge < -0.3 is 14.4 Å². The van der Waals surface area contributed by atoms with Gasteiger partial charge in [-0.2, -0.15) is 0 Å². The molecule has 0 atom stereocenters. The van der Waals surface area contributed by atoms with E-state index in [-0.39, 0.29) is 18.4 Å².